The number of hydrogen-bond donors (Lipinski definition) is 0. The summed E-state index contributed by atoms with van der Waals surface area (Å²) in [7, 11) is -5.42. The van der Waals surface area contributed by atoms with Crippen molar-refractivity contribution in [2.45, 2.75) is 0 Å². The van der Waals surface area contributed by atoms with E-state index in [9.17, 15) is 0 Å². The van der Waals surface area contributed by atoms with Gasteiger partial charge in [-0.25, -0.2) is 4.98 Å². The Morgan fingerprint density at radius 1 is 1.55 bits per heavy atom. The first-order chi connectivity index (χ1) is 7.57. The van der Waals surface area contributed by atoms with Crippen LogP contribution in [0.15, 0.2) is 10.7 Å². The molecule has 0 atom stereocenters. The predicted octanol–water partition coefficient (Wildman–Crippen LogP) is 1.26. The lowest BCUT2D eigenvalue weighted by atomic mass is 10.6. The van der Waals surface area contributed by atoms with Crippen LogP contribution in [0, 0.1) is 0 Å². The first-order valence-corrected chi connectivity index (χ1v) is 3.27. The Bertz CT molecular complexity index is 406. The fourth-order valence-electron chi connectivity index (χ4n) is 0.457. The highest BCUT2D eigenvalue weighted by Gasteiger charge is 2.03. The van der Waals surface area contributed by atoms with E-state index in [4.69, 9.17) is 8.22 Å². The first-order valence-electron chi connectivity index (χ1n) is 5.47. The minimum atomic E-state index is -2.72. The molecule has 0 saturated carbocycles. The van der Waals surface area contributed by atoms with E-state index in [1.165, 1.54) is 0 Å². The Morgan fingerprint density at radius 3 is 3.09 bits per heavy atom. The van der Waals surface area contributed by atoms with Crippen LogP contribution in [0.1, 0.15) is 8.22 Å². The molecule has 0 fully saturated rings. The zero-order valence-electron chi connectivity index (χ0n) is 11.2. The van der Waals surface area contributed by atoms with Crippen LogP contribution in [-0.2, 0) is 0 Å². The lowest BCUT2D eigenvalue weighted by Crippen LogP contribution is -1.95. The summed E-state index contributed by atoms with van der Waals surface area (Å²) in [5.41, 5.74) is 0. The largest absolute Gasteiger partial charge is 0.480 e. The second-order valence-corrected chi connectivity index (χ2v) is 2.36. The summed E-state index contributed by atoms with van der Waals surface area (Å²) in [6.45, 7) is 0. The average molecular weight is 225 g/mol. The fourth-order valence-corrected chi connectivity index (χ4v) is 0.729. The van der Waals surface area contributed by atoms with E-state index in [0.717, 1.165) is 6.20 Å². The Kier molecular flexibility index (Phi) is 1.05. The minimum Gasteiger partial charge on any atom is -0.480 e. The van der Waals surface area contributed by atoms with Gasteiger partial charge in [-0.2, -0.15) is 4.98 Å². The van der Waals surface area contributed by atoms with Crippen LogP contribution in [-0.4, -0.2) is 24.0 Å². The summed E-state index contributed by atoms with van der Waals surface area (Å²) >= 11 is 2.97. The maximum absolute atomic E-state index is 6.89. The van der Waals surface area contributed by atoms with Crippen molar-refractivity contribution in [3.63, 3.8) is 0 Å². The van der Waals surface area contributed by atoms with Gasteiger partial charge in [-0.15, -0.1) is 0 Å². The van der Waals surface area contributed by atoms with Crippen LogP contribution in [0.2, 0.25) is 0 Å². The highest BCUT2D eigenvalue weighted by molar-refractivity contribution is 9.10. The van der Waals surface area contributed by atoms with Crippen molar-refractivity contribution in [2.24, 2.45) is 0 Å². The van der Waals surface area contributed by atoms with Gasteiger partial charge in [0.2, 0.25) is 5.88 Å². The summed E-state index contributed by atoms with van der Waals surface area (Å²) in [6.07, 6.45) is 1.13. The van der Waals surface area contributed by atoms with Crippen LogP contribution < -0.4 is 9.47 Å². The van der Waals surface area contributed by atoms with Crippen LogP contribution in [0.5, 0.6) is 11.9 Å². The molecule has 0 aliphatic rings. The number of rotatable bonds is 2. The molecule has 1 aromatic rings. The van der Waals surface area contributed by atoms with Gasteiger partial charge in [0.25, 0.3) is 0 Å². The van der Waals surface area contributed by atoms with E-state index in [1.54, 1.807) is 0 Å². The molecule has 4 nitrogen and oxygen atoms in total. The molecule has 0 aromatic carbocycles. The highest BCUT2D eigenvalue weighted by atomic mass is 79.9. The molecule has 1 heterocycles. The molecular formula is C6H7BrN2O2. The van der Waals surface area contributed by atoms with Crippen molar-refractivity contribution in [1.29, 1.82) is 0 Å². The highest BCUT2D eigenvalue weighted by Crippen LogP contribution is 2.22. The number of aromatic nitrogens is 2. The summed E-state index contributed by atoms with van der Waals surface area (Å²) in [5, 5.41) is 0. The zero-order valence-corrected chi connectivity index (χ0v) is 6.75. The van der Waals surface area contributed by atoms with Gasteiger partial charge in [0.1, 0.15) is 0 Å². The van der Waals surface area contributed by atoms with E-state index in [-0.39, 0.29) is 10.4 Å². The number of ether oxygens (including phenoxy) is 2. The minimum absolute atomic E-state index is 0.173. The van der Waals surface area contributed by atoms with Crippen molar-refractivity contribution in [1.82, 2.24) is 9.97 Å². The third kappa shape index (κ3) is 1.80. The molecule has 0 unspecified atom stereocenters. The van der Waals surface area contributed by atoms with E-state index >= 15 is 0 Å². The van der Waals surface area contributed by atoms with Crippen molar-refractivity contribution >= 4 is 15.9 Å². The van der Waals surface area contributed by atoms with Gasteiger partial charge < -0.3 is 9.47 Å². The second-order valence-electron chi connectivity index (χ2n) is 1.51. The van der Waals surface area contributed by atoms with Gasteiger partial charge in [0.05, 0.1) is 33.0 Å². The van der Waals surface area contributed by atoms with Gasteiger partial charge in [0.15, 0.2) is 0 Å². The van der Waals surface area contributed by atoms with Gasteiger partial charge in [-0.1, -0.05) is 0 Å². The van der Waals surface area contributed by atoms with Crippen LogP contribution >= 0.6 is 15.9 Å². The quantitative estimate of drug-likeness (QED) is 0.759. The molecule has 5 heteroatoms. The van der Waals surface area contributed by atoms with Crippen molar-refractivity contribution in [3.05, 3.63) is 10.7 Å². The molecule has 0 amide bonds. The molecule has 0 N–H and O–H groups in total. The monoisotopic (exact) mass is 224 g/mol. The topological polar surface area (TPSA) is 44.2 Å². The number of methoxy groups -OCH3 is 2. The maximum Gasteiger partial charge on any atom is 0.319 e. The molecule has 0 saturated heterocycles. The molecule has 0 radical (unpaired) electrons. The molecule has 0 bridgehead atoms. The normalized spacial score (nSPS) is 19.7. The van der Waals surface area contributed by atoms with Crippen molar-refractivity contribution in [2.75, 3.05) is 14.1 Å². The van der Waals surface area contributed by atoms with E-state index in [2.05, 4.69) is 35.4 Å². The Morgan fingerprint density at radius 2 is 2.36 bits per heavy atom. The molecule has 1 aromatic heterocycles. The molecule has 0 spiro atoms. The Hall–Kier alpha value is -0.840. The van der Waals surface area contributed by atoms with E-state index in [0.29, 0.717) is 0 Å². The number of hydrogen-bond acceptors (Lipinski definition) is 4. The summed E-state index contributed by atoms with van der Waals surface area (Å²) in [6, 6.07) is -0.493. The molecule has 11 heavy (non-hydrogen) atoms. The second kappa shape index (κ2) is 3.52. The summed E-state index contributed by atoms with van der Waals surface area (Å²) in [4.78, 5) is 7.07. The number of halogens is 1. The maximum atomic E-state index is 6.89. The van der Waals surface area contributed by atoms with E-state index < -0.39 is 20.1 Å². The van der Waals surface area contributed by atoms with Crippen molar-refractivity contribution in [3.8, 4) is 11.9 Å². The fraction of sp³-hybridized carbons (Fsp3) is 0.333. The van der Waals surface area contributed by atoms with Gasteiger partial charge in [0, 0.05) is 0 Å². The van der Waals surface area contributed by atoms with Crippen molar-refractivity contribution < 1.29 is 17.7 Å². The smallest absolute Gasteiger partial charge is 0.319 e. The van der Waals surface area contributed by atoms with Gasteiger partial charge in [-0.05, 0) is 15.9 Å². The summed E-state index contributed by atoms with van der Waals surface area (Å²) < 4.78 is 50.3. The molecule has 60 valence electrons. The third-order valence-corrected chi connectivity index (χ3v) is 1.42. The Balaban J connectivity index is 2.95. The van der Waals surface area contributed by atoms with E-state index in [1.807, 2.05) is 0 Å². The average Bonchev–Trinajstić information content (AvgIpc) is 2.05. The van der Waals surface area contributed by atoms with Crippen LogP contribution in [0.4, 0.5) is 0 Å². The first kappa shape index (κ1) is 3.26. The SMILES string of the molecule is [2H]C([2H])([2H])Oc1ncc(Br)c(OC([2H])([2H])[2H])n1. The van der Waals surface area contributed by atoms with Gasteiger partial charge in [-0.3, -0.25) is 0 Å². The number of nitrogens with zero attached hydrogens (tertiary/aromatic N) is 2. The Labute approximate surface area is 81.1 Å². The zero-order chi connectivity index (χ0) is 13.3. The standard InChI is InChI=1S/C6H7BrN2O2/c1-10-5-4(7)3-8-6(9-5)11-2/h3H,1-2H3/i1D3,2D3. The van der Waals surface area contributed by atoms with Gasteiger partial charge >= 0.3 is 6.01 Å². The molecular weight excluding hydrogens is 212 g/mol. The molecule has 1 rings (SSSR count). The third-order valence-electron chi connectivity index (χ3n) is 0.878. The van der Waals surface area contributed by atoms with Crippen LogP contribution in [0.3, 0.4) is 0 Å². The molecule has 0 aliphatic heterocycles. The predicted molar refractivity (Wildman–Crippen MR) is 42.8 cm³/mol. The lowest BCUT2D eigenvalue weighted by Gasteiger charge is -2.02. The molecule has 0 aliphatic carbocycles. The lowest BCUT2D eigenvalue weighted by molar-refractivity contribution is 0.350. The van der Waals surface area contributed by atoms with Crippen LogP contribution in [0.25, 0.3) is 0 Å². The summed E-state index contributed by atoms with van der Waals surface area (Å²) in [5.74, 6) is -0.320.